The molecule has 0 radical (unpaired) electrons. The topological polar surface area (TPSA) is 33.6 Å². The maximum atomic E-state index is 6.11. The summed E-state index contributed by atoms with van der Waals surface area (Å²) in [6.45, 7) is 1.48. The zero-order chi connectivity index (χ0) is 14.5. The average Bonchev–Trinajstić information content (AvgIpc) is 3.01. The number of amidine groups is 1. The van der Waals surface area contributed by atoms with Crippen molar-refractivity contribution in [1.82, 2.24) is 5.32 Å². The summed E-state index contributed by atoms with van der Waals surface area (Å²) in [5.41, 5.74) is 2.33. The van der Waals surface area contributed by atoms with Crippen molar-refractivity contribution in [1.29, 1.82) is 0 Å². The van der Waals surface area contributed by atoms with E-state index < -0.39 is 0 Å². The van der Waals surface area contributed by atoms with Gasteiger partial charge in [-0.2, -0.15) is 0 Å². The first kappa shape index (κ1) is 14.0. The molecule has 1 N–H and O–H groups in total. The zero-order valence-electron chi connectivity index (χ0n) is 11.6. The molecule has 0 spiro atoms. The summed E-state index contributed by atoms with van der Waals surface area (Å²) >= 11 is 6.11. The quantitative estimate of drug-likeness (QED) is 0.936. The Morgan fingerprint density at radius 3 is 2.71 bits per heavy atom. The number of benzene rings is 2. The Bertz CT molecular complexity index is 620. The molecule has 1 atom stereocenters. The van der Waals surface area contributed by atoms with Gasteiger partial charge in [-0.25, -0.2) is 4.99 Å². The number of nitrogens with one attached hydrogen (secondary N) is 1. The minimum Gasteiger partial charge on any atom is -0.463 e. The van der Waals surface area contributed by atoms with Crippen LogP contribution >= 0.6 is 11.6 Å². The van der Waals surface area contributed by atoms with E-state index in [1.54, 1.807) is 0 Å². The molecule has 0 amide bonds. The molecule has 21 heavy (non-hydrogen) atoms. The van der Waals surface area contributed by atoms with Crippen LogP contribution in [0.15, 0.2) is 59.6 Å². The molecule has 1 heterocycles. The van der Waals surface area contributed by atoms with Gasteiger partial charge >= 0.3 is 0 Å². The third-order valence-electron chi connectivity index (χ3n) is 3.40. The molecule has 0 aliphatic carbocycles. The number of nitrogens with zero attached hydrogens (tertiary/aromatic N) is 1. The third-order valence-corrected chi connectivity index (χ3v) is 3.63. The largest absolute Gasteiger partial charge is 0.463 e. The van der Waals surface area contributed by atoms with Crippen LogP contribution in [-0.2, 0) is 11.2 Å². The summed E-state index contributed by atoms with van der Waals surface area (Å²) < 4.78 is 5.48. The van der Waals surface area contributed by atoms with E-state index >= 15 is 0 Å². The van der Waals surface area contributed by atoms with Crippen LogP contribution in [0.3, 0.4) is 0 Å². The minimum atomic E-state index is -0.00769. The number of hydrogen-bond donors (Lipinski definition) is 1. The predicted octanol–water partition coefficient (Wildman–Crippen LogP) is 3.60. The Balaban J connectivity index is 1.88. The van der Waals surface area contributed by atoms with Crippen molar-refractivity contribution in [2.24, 2.45) is 4.99 Å². The van der Waals surface area contributed by atoms with E-state index in [4.69, 9.17) is 21.3 Å². The van der Waals surface area contributed by atoms with Crippen molar-refractivity contribution in [2.45, 2.75) is 12.5 Å². The SMILES string of the molecule is Clc1cccc(C(Cc2ccccc2)/N=C2\NCCO2)c1. The fourth-order valence-electron chi connectivity index (χ4n) is 2.37. The second-order valence-electron chi connectivity index (χ2n) is 4.97. The van der Waals surface area contributed by atoms with E-state index in [-0.39, 0.29) is 6.04 Å². The van der Waals surface area contributed by atoms with Crippen LogP contribution in [0.5, 0.6) is 0 Å². The number of aliphatic imine (C=N–C) groups is 1. The Morgan fingerprint density at radius 1 is 1.14 bits per heavy atom. The molecule has 3 rings (SSSR count). The van der Waals surface area contributed by atoms with Crippen molar-refractivity contribution in [3.8, 4) is 0 Å². The van der Waals surface area contributed by atoms with Gasteiger partial charge in [0.15, 0.2) is 0 Å². The van der Waals surface area contributed by atoms with E-state index in [1.165, 1.54) is 5.56 Å². The van der Waals surface area contributed by atoms with E-state index in [2.05, 4.69) is 23.5 Å². The van der Waals surface area contributed by atoms with E-state index in [0.29, 0.717) is 12.6 Å². The molecule has 3 nitrogen and oxygen atoms in total. The maximum absolute atomic E-state index is 6.11. The lowest BCUT2D eigenvalue weighted by Gasteiger charge is -2.14. The summed E-state index contributed by atoms with van der Waals surface area (Å²) in [6.07, 6.45) is 0.815. The van der Waals surface area contributed by atoms with E-state index in [1.807, 2.05) is 36.4 Å². The first-order chi connectivity index (χ1) is 10.3. The molecular formula is C17H17ClN2O. The summed E-state index contributed by atoms with van der Waals surface area (Å²) in [4.78, 5) is 4.71. The molecular weight excluding hydrogens is 284 g/mol. The van der Waals surface area contributed by atoms with Gasteiger partial charge in [-0.1, -0.05) is 54.1 Å². The molecule has 1 aliphatic heterocycles. The van der Waals surface area contributed by atoms with E-state index in [9.17, 15) is 0 Å². The Morgan fingerprint density at radius 2 is 2.00 bits per heavy atom. The third kappa shape index (κ3) is 3.76. The highest BCUT2D eigenvalue weighted by atomic mass is 35.5. The van der Waals surface area contributed by atoms with Crippen molar-refractivity contribution in [2.75, 3.05) is 13.2 Å². The lowest BCUT2D eigenvalue weighted by Crippen LogP contribution is -2.17. The molecule has 2 aromatic carbocycles. The molecule has 0 saturated carbocycles. The fraction of sp³-hybridized carbons (Fsp3) is 0.235. The summed E-state index contributed by atoms with van der Waals surface area (Å²) in [5.74, 6) is 0. The maximum Gasteiger partial charge on any atom is 0.285 e. The highest BCUT2D eigenvalue weighted by Gasteiger charge is 2.16. The number of hydrogen-bond acceptors (Lipinski definition) is 2. The number of ether oxygens (including phenoxy) is 1. The second kappa shape index (κ2) is 6.64. The molecule has 0 bridgehead atoms. The zero-order valence-corrected chi connectivity index (χ0v) is 12.4. The Hall–Kier alpha value is -2.00. The van der Waals surface area contributed by atoms with Gasteiger partial charge < -0.3 is 10.1 Å². The van der Waals surface area contributed by atoms with Gasteiger partial charge in [0.1, 0.15) is 6.61 Å². The summed E-state index contributed by atoms with van der Waals surface area (Å²) in [6, 6.07) is 18.8. The van der Waals surface area contributed by atoms with Gasteiger partial charge in [0.05, 0.1) is 12.6 Å². The van der Waals surface area contributed by atoms with Gasteiger partial charge in [-0.05, 0) is 29.7 Å². The van der Waals surface area contributed by atoms with Crippen LogP contribution in [0.25, 0.3) is 0 Å². The van der Waals surface area contributed by atoms with Crippen molar-refractivity contribution in [3.05, 3.63) is 70.7 Å². The number of halogens is 1. The van der Waals surface area contributed by atoms with Crippen LogP contribution in [0.2, 0.25) is 5.02 Å². The predicted molar refractivity (Wildman–Crippen MR) is 85.7 cm³/mol. The minimum absolute atomic E-state index is 0.00769. The van der Waals surface area contributed by atoms with Crippen molar-refractivity contribution < 1.29 is 4.74 Å². The van der Waals surface area contributed by atoms with Gasteiger partial charge in [-0.15, -0.1) is 0 Å². The molecule has 2 aromatic rings. The highest BCUT2D eigenvalue weighted by molar-refractivity contribution is 6.30. The van der Waals surface area contributed by atoms with Gasteiger partial charge in [0.25, 0.3) is 6.02 Å². The van der Waals surface area contributed by atoms with Crippen LogP contribution < -0.4 is 5.32 Å². The smallest absolute Gasteiger partial charge is 0.285 e. The number of rotatable bonds is 4. The monoisotopic (exact) mass is 300 g/mol. The molecule has 1 aliphatic rings. The molecule has 1 saturated heterocycles. The first-order valence-corrected chi connectivity index (χ1v) is 7.43. The second-order valence-corrected chi connectivity index (χ2v) is 5.41. The van der Waals surface area contributed by atoms with Crippen molar-refractivity contribution >= 4 is 17.6 Å². The van der Waals surface area contributed by atoms with Crippen LogP contribution in [0, 0.1) is 0 Å². The van der Waals surface area contributed by atoms with Gasteiger partial charge in [0, 0.05) is 5.02 Å². The fourth-order valence-corrected chi connectivity index (χ4v) is 2.57. The Labute approximate surface area is 129 Å². The van der Waals surface area contributed by atoms with Gasteiger partial charge in [0.2, 0.25) is 0 Å². The molecule has 1 unspecified atom stereocenters. The molecule has 0 aromatic heterocycles. The molecule has 1 fully saturated rings. The van der Waals surface area contributed by atoms with Crippen LogP contribution in [0.4, 0.5) is 0 Å². The van der Waals surface area contributed by atoms with Crippen LogP contribution in [0.1, 0.15) is 17.2 Å². The van der Waals surface area contributed by atoms with E-state index in [0.717, 1.165) is 23.6 Å². The van der Waals surface area contributed by atoms with Crippen LogP contribution in [-0.4, -0.2) is 19.2 Å². The standard InChI is InChI=1S/C17H17ClN2O/c18-15-8-4-7-14(12-15)16(20-17-19-9-10-21-17)11-13-5-2-1-3-6-13/h1-8,12,16H,9-11H2,(H,19,20). The molecule has 4 heteroatoms. The Kier molecular flexibility index (Phi) is 4.41. The summed E-state index contributed by atoms with van der Waals surface area (Å²) in [7, 11) is 0. The lowest BCUT2D eigenvalue weighted by atomic mass is 9.99. The summed E-state index contributed by atoms with van der Waals surface area (Å²) in [5, 5.41) is 3.88. The normalized spacial score (nSPS) is 17.3. The lowest BCUT2D eigenvalue weighted by molar-refractivity contribution is 0.348. The highest BCUT2D eigenvalue weighted by Crippen LogP contribution is 2.25. The van der Waals surface area contributed by atoms with Crippen molar-refractivity contribution in [3.63, 3.8) is 0 Å². The molecule has 108 valence electrons. The first-order valence-electron chi connectivity index (χ1n) is 7.05. The average molecular weight is 301 g/mol. The van der Waals surface area contributed by atoms with Gasteiger partial charge in [-0.3, -0.25) is 0 Å².